The Morgan fingerprint density at radius 1 is 1.33 bits per heavy atom. The summed E-state index contributed by atoms with van der Waals surface area (Å²) in [6.07, 6.45) is 3.59. The molecule has 0 unspecified atom stereocenters. The van der Waals surface area contributed by atoms with Crippen molar-refractivity contribution in [2.75, 3.05) is 26.7 Å². The van der Waals surface area contributed by atoms with E-state index in [4.69, 9.17) is 4.74 Å². The molecule has 0 spiro atoms. The largest absolute Gasteiger partial charge is 0.496 e. The summed E-state index contributed by atoms with van der Waals surface area (Å²) in [4.78, 5) is 2.58. The fraction of sp³-hybridized carbons (Fsp3) is 0.647. The Kier molecular flexibility index (Phi) is 6.08. The van der Waals surface area contributed by atoms with Crippen molar-refractivity contribution in [3.63, 3.8) is 0 Å². The molecule has 2 rings (SSSR count). The Hall–Kier alpha value is -0.580. The molecule has 0 aromatic heterocycles. The van der Waals surface area contributed by atoms with Crippen LogP contribution < -0.4 is 10.1 Å². The van der Waals surface area contributed by atoms with Crippen molar-refractivity contribution in [2.24, 2.45) is 0 Å². The van der Waals surface area contributed by atoms with Gasteiger partial charge in [-0.05, 0) is 66.0 Å². The molecule has 1 aliphatic rings. The molecule has 1 N–H and O–H groups in total. The number of rotatable bonds is 5. The highest BCUT2D eigenvalue weighted by molar-refractivity contribution is 9.10. The first-order valence-corrected chi connectivity index (χ1v) is 8.71. The Bertz CT molecular complexity index is 460. The van der Waals surface area contributed by atoms with Gasteiger partial charge in [0, 0.05) is 18.6 Å². The van der Waals surface area contributed by atoms with Gasteiger partial charge < -0.3 is 10.1 Å². The second kappa shape index (κ2) is 7.61. The van der Waals surface area contributed by atoms with Crippen molar-refractivity contribution in [1.82, 2.24) is 10.2 Å². The average molecular weight is 355 g/mol. The predicted molar refractivity (Wildman–Crippen MR) is 91.9 cm³/mol. The summed E-state index contributed by atoms with van der Waals surface area (Å²) in [6, 6.07) is 6.39. The molecule has 0 bridgehead atoms. The van der Waals surface area contributed by atoms with Gasteiger partial charge in [0.05, 0.1) is 11.6 Å². The van der Waals surface area contributed by atoms with Gasteiger partial charge in [0.15, 0.2) is 0 Å². The standard InChI is InChI=1S/C17H27BrN2O/c1-4-17(5-2)13-20(10-6-9-19-17)12-14-7-8-16(21-3)15(18)11-14/h7-8,11,19H,4-6,9-10,12-13H2,1-3H3. The molecule has 1 fully saturated rings. The van der Waals surface area contributed by atoms with Crippen LogP contribution in [0, 0.1) is 0 Å². The first-order chi connectivity index (χ1) is 10.1. The van der Waals surface area contributed by atoms with Gasteiger partial charge in [-0.1, -0.05) is 19.9 Å². The normalized spacial score (nSPS) is 19.2. The average Bonchev–Trinajstić information content (AvgIpc) is 2.70. The molecule has 1 aromatic rings. The topological polar surface area (TPSA) is 24.5 Å². The molecule has 1 saturated heterocycles. The SMILES string of the molecule is CCC1(CC)CN(Cc2ccc(OC)c(Br)c2)CCCN1. The molecular formula is C17H27BrN2O. The molecule has 118 valence electrons. The van der Waals surface area contributed by atoms with E-state index in [0.717, 1.165) is 29.9 Å². The van der Waals surface area contributed by atoms with Gasteiger partial charge in [0.2, 0.25) is 0 Å². The number of ether oxygens (including phenoxy) is 1. The summed E-state index contributed by atoms with van der Waals surface area (Å²) in [7, 11) is 1.71. The molecule has 0 aliphatic carbocycles. The summed E-state index contributed by atoms with van der Waals surface area (Å²) in [5.74, 6) is 0.896. The van der Waals surface area contributed by atoms with E-state index >= 15 is 0 Å². The third-order valence-electron chi connectivity index (χ3n) is 4.65. The van der Waals surface area contributed by atoms with Crippen molar-refractivity contribution >= 4 is 15.9 Å². The summed E-state index contributed by atoms with van der Waals surface area (Å²) in [6.45, 7) is 9.02. The van der Waals surface area contributed by atoms with Crippen LogP contribution in [0.1, 0.15) is 38.7 Å². The summed E-state index contributed by atoms with van der Waals surface area (Å²) < 4.78 is 6.34. The smallest absolute Gasteiger partial charge is 0.133 e. The lowest BCUT2D eigenvalue weighted by molar-refractivity contribution is 0.191. The number of hydrogen-bond acceptors (Lipinski definition) is 3. The maximum atomic E-state index is 5.31. The number of halogens is 1. The van der Waals surface area contributed by atoms with E-state index in [2.05, 4.69) is 52.1 Å². The molecular weight excluding hydrogens is 328 g/mol. The van der Waals surface area contributed by atoms with Crippen molar-refractivity contribution in [1.29, 1.82) is 0 Å². The molecule has 3 nitrogen and oxygen atoms in total. The third-order valence-corrected chi connectivity index (χ3v) is 5.27. The Labute approximate surface area is 137 Å². The first-order valence-electron chi connectivity index (χ1n) is 7.92. The second-order valence-electron chi connectivity index (χ2n) is 5.95. The zero-order chi connectivity index (χ0) is 15.3. The Morgan fingerprint density at radius 3 is 2.71 bits per heavy atom. The highest BCUT2D eigenvalue weighted by Crippen LogP contribution is 2.27. The van der Waals surface area contributed by atoms with Crippen LogP contribution in [0.25, 0.3) is 0 Å². The summed E-state index contributed by atoms with van der Waals surface area (Å²) in [5.41, 5.74) is 1.62. The van der Waals surface area contributed by atoms with Crippen LogP contribution in [0.4, 0.5) is 0 Å². The van der Waals surface area contributed by atoms with E-state index in [1.807, 2.05) is 6.07 Å². The van der Waals surface area contributed by atoms with Crippen molar-refractivity contribution in [3.8, 4) is 5.75 Å². The van der Waals surface area contributed by atoms with Crippen LogP contribution in [-0.2, 0) is 6.54 Å². The van der Waals surface area contributed by atoms with Gasteiger partial charge in [-0.25, -0.2) is 0 Å². The van der Waals surface area contributed by atoms with Crippen LogP contribution in [0.3, 0.4) is 0 Å². The van der Waals surface area contributed by atoms with Gasteiger partial charge in [-0.3, -0.25) is 4.90 Å². The molecule has 1 aromatic carbocycles. The van der Waals surface area contributed by atoms with Gasteiger partial charge in [0.25, 0.3) is 0 Å². The third kappa shape index (κ3) is 4.21. The van der Waals surface area contributed by atoms with Crippen LogP contribution in [-0.4, -0.2) is 37.2 Å². The Morgan fingerprint density at radius 2 is 2.10 bits per heavy atom. The van der Waals surface area contributed by atoms with Crippen molar-refractivity contribution in [3.05, 3.63) is 28.2 Å². The first kappa shape index (κ1) is 16.8. The molecule has 0 atom stereocenters. The van der Waals surface area contributed by atoms with E-state index in [0.29, 0.717) is 0 Å². The number of hydrogen-bond donors (Lipinski definition) is 1. The van der Waals surface area contributed by atoms with Gasteiger partial charge >= 0.3 is 0 Å². The van der Waals surface area contributed by atoms with Gasteiger partial charge in [0.1, 0.15) is 5.75 Å². The zero-order valence-electron chi connectivity index (χ0n) is 13.4. The van der Waals surface area contributed by atoms with E-state index in [-0.39, 0.29) is 5.54 Å². The molecule has 0 radical (unpaired) electrons. The maximum absolute atomic E-state index is 5.31. The number of benzene rings is 1. The fourth-order valence-corrected chi connectivity index (χ4v) is 3.73. The monoisotopic (exact) mass is 354 g/mol. The predicted octanol–water partition coefficient (Wildman–Crippen LogP) is 3.81. The molecule has 4 heteroatoms. The maximum Gasteiger partial charge on any atom is 0.133 e. The van der Waals surface area contributed by atoms with Gasteiger partial charge in [-0.2, -0.15) is 0 Å². The van der Waals surface area contributed by atoms with Crippen LogP contribution in [0.5, 0.6) is 5.75 Å². The zero-order valence-corrected chi connectivity index (χ0v) is 15.0. The molecule has 1 aliphatic heterocycles. The molecule has 21 heavy (non-hydrogen) atoms. The molecule has 1 heterocycles. The van der Waals surface area contributed by atoms with Gasteiger partial charge in [-0.15, -0.1) is 0 Å². The highest BCUT2D eigenvalue weighted by Gasteiger charge is 2.30. The molecule has 0 saturated carbocycles. The van der Waals surface area contributed by atoms with Crippen molar-refractivity contribution < 1.29 is 4.74 Å². The minimum atomic E-state index is 0.278. The fourth-order valence-electron chi connectivity index (χ4n) is 3.14. The van der Waals surface area contributed by atoms with Crippen LogP contribution in [0.15, 0.2) is 22.7 Å². The lowest BCUT2D eigenvalue weighted by Gasteiger charge is -2.35. The quantitative estimate of drug-likeness (QED) is 0.869. The minimum Gasteiger partial charge on any atom is -0.496 e. The highest BCUT2D eigenvalue weighted by atomic mass is 79.9. The number of nitrogens with one attached hydrogen (secondary N) is 1. The Balaban J connectivity index is 2.08. The summed E-state index contributed by atoms with van der Waals surface area (Å²) in [5, 5.41) is 3.77. The molecule has 0 amide bonds. The van der Waals surface area contributed by atoms with Crippen LogP contribution in [0.2, 0.25) is 0 Å². The lowest BCUT2D eigenvalue weighted by atomic mass is 9.92. The van der Waals surface area contributed by atoms with E-state index in [1.54, 1.807) is 7.11 Å². The number of nitrogens with zero attached hydrogens (tertiary/aromatic N) is 1. The second-order valence-corrected chi connectivity index (χ2v) is 6.80. The summed E-state index contributed by atoms with van der Waals surface area (Å²) >= 11 is 3.58. The lowest BCUT2D eigenvalue weighted by Crippen LogP contribution is -2.50. The van der Waals surface area contributed by atoms with Crippen molar-refractivity contribution in [2.45, 2.75) is 45.2 Å². The number of methoxy groups -OCH3 is 1. The van der Waals surface area contributed by atoms with E-state index in [1.165, 1.54) is 31.4 Å². The van der Waals surface area contributed by atoms with E-state index < -0.39 is 0 Å². The van der Waals surface area contributed by atoms with E-state index in [9.17, 15) is 0 Å². The van der Waals surface area contributed by atoms with Crippen LogP contribution >= 0.6 is 15.9 Å². The minimum absolute atomic E-state index is 0.278.